The van der Waals surface area contributed by atoms with Gasteiger partial charge < -0.3 is 15.7 Å². The van der Waals surface area contributed by atoms with Crippen molar-refractivity contribution < 1.29 is 14.7 Å². The van der Waals surface area contributed by atoms with Crippen LogP contribution < -0.4 is 10.6 Å². The van der Waals surface area contributed by atoms with Gasteiger partial charge in [-0.05, 0) is 6.42 Å². The molecule has 5 heteroatoms. The Morgan fingerprint density at radius 3 is 2.74 bits per heavy atom. The highest BCUT2D eigenvalue weighted by Crippen LogP contribution is 2.17. The number of carbonyl (C=O) groups is 2. The molecule has 5 nitrogen and oxygen atoms in total. The summed E-state index contributed by atoms with van der Waals surface area (Å²) in [5, 5.41) is 14.4. The van der Waals surface area contributed by atoms with E-state index in [1.165, 1.54) is 0 Å². The van der Waals surface area contributed by atoms with E-state index in [1.54, 1.807) is 12.1 Å². The number of rotatable bonds is 5. The molecule has 0 bridgehead atoms. The third-order valence-corrected chi connectivity index (χ3v) is 3.29. The van der Waals surface area contributed by atoms with Crippen LogP contribution in [0.2, 0.25) is 0 Å². The zero-order valence-corrected chi connectivity index (χ0v) is 10.6. The molecule has 102 valence electrons. The van der Waals surface area contributed by atoms with Crippen LogP contribution in [0, 0.1) is 5.92 Å². The lowest BCUT2D eigenvalue weighted by atomic mass is 9.98. The van der Waals surface area contributed by atoms with Crippen LogP contribution in [0.1, 0.15) is 16.8 Å². The van der Waals surface area contributed by atoms with Gasteiger partial charge in [-0.25, -0.2) is 0 Å². The monoisotopic (exact) mass is 262 g/mol. The van der Waals surface area contributed by atoms with Crippen molar-refractivity contribution in [2.24, 2.45) is 5.92 Å². The zero-order valence-electron chi connectivity index (χ0n) is 10.6. The highest BCUT2D eigenvalue weighted by atomic mass is 16.3. The van der Waals surface area contributed by atoms with Crippen LogP contribution in [0.25, 0.3) is 0 Å². The molecule has 19 heavy (non-hydrogen) atoms. The molecule has 1 saturated heterocycles. The number of aliphatic hydroxyl groups is 1. The number of Topliss-reactive ketones (excluding diaryl/α,β-unsaturated/α-hetero) is 1. The second kappa shape index (κ2) is 6.45. The number of ketones is 1. The summed E-state index contributed by atoms with van der Waals surface area (Å²) >= 11 is 0. The first-order valence-electron chi connectivity index (χ1n) is 6.43. The van der Waals surface area contributed by atoms with E-state index in [0.717, 1.165) is 0 Å². The fraction of sp³-hybridized carbons (Fsp3) is 0.429. The first-order chi connectivity index (χ1) is 9.22. The summed E-state index contributed by atoms with van der Waals surface area (Å²) < 4.78 is 0. The van der Waals surface area contributed by atoms with E-state index in [4.69, 9.17) is 5.11 Å². The van der Waals surface area contributed by atoms with Gasteiger partial charge in [0.25, 0.3) is 0 Å². The summed E-state index contributed by atoms with van der Waals surface area (Å²) in [6, 6.07) is 8.78. The third kappa shape index (κ3) is 3.39. The largest absolute Gasteiger partial charge is 0.395 e. The molecule has 2 rings (SSSR count). The molecule has 1 fully saturated rings. The minimum absolute atomic E-state index is 0.0260. The predicted octanol–water partition coefficient (Wildman–Crippen LogP) is -0.0441. The van der Waals surface area contributed by atoms with Crippen molar-refractivity contribution in [2.45, 2.75) is 12.5 Å². The maximum Gasteiger partial charge on any atom is 0.224 e. The molecular formula is C14H18N2O3. The molecule has 2 atom stereocenters. The van der Waals surface area contributed by atoms with Gasteiger partial charge in [0.1, 0.15) is 0 Å². The maximum absolute atomic E-state index is 12.2. The highest BCUT2D eigenvalue weighted by Gasteiger charge is 2.33. The lowest BCUT2D eigenvalue weighted by molar-refractivity contribution is -0.124. The topological polar surface area (TPSA) is 78.4 Å². The first kappa shape index (κ1) is 13.7. The van der Waals surface area contributed by atoms with Crippen LogP contribution in [-0.4, -0.2) is 42.5 Å². The third-order valence-electron chi connectivity index (χ3n) is 3.29. The van der Waals surface area contributed by atoms with Crippen molar-refractivity contribution in [2.75, 3.05) is 19.7 Å². The number of hydrogen-bond acceptors (Lipinski definition) is 4. The van der Waals surface area contributed by atoms with Crippen molar-refractivity contribution in [1.82, 2.24) is 10.6 Å². The van der Waals surface area contributed by atoms with Crippen LogP contribution in [0.4, 0.5) is 0 Å². The van der Waals surface area contributed by atoms with Gasteiger partial charge in [0.2, 0.25) is 5.91 Å². The van der Waals surface area contributed by atoms with Gasteiger partial charge in [0.05, 0.1) is 18.6 Å². The molecule has 3 N–H and O–H groups in total. The fourth-order valence-electron chi connectivity index (χ4n) is 2.26. The summed E-state index contributed by atoms with van der Waals surface area (Å²) in [4.78, 5) is 23.9. The Morgan fingerprint density at radius 1 is 1.32 bits per heavy atom. The number of carbonyl (C=O) groups excluding carboxylic acids is 2. The lowest BCUT2D eigenvalue weighted by Gasteiger charge is -2.10. The van der Waals surface area contributed by atoms with E-state index in [2.05, 4.69) is 10.6 Å². The van der Waals surface area contributed by atoms with Crippen molar-refractivity contribution in [3.05, 3.63) is 35.9 Å². The first-order valence-corrected chi connectivity index (χ1v) is 6.43. The second-order valence-electron chi connectivity index (χ2n) is 4.64. The summed E-state index contributed by atoms with van der Waals surface area (Å²) in [5.74, 6) is -0.285. The Labute approximate surface area is 112 Å². The van der Waals surface area contributed by atoms with E-state index in [1.807, 2.05) is 18.2 Å². The van der Waals surface area contributed by atoms with Gasteiger partial charge in [-0.2, -0.15) is 0 Å². The van der Waals surface area contributed by atoms with E-state index in [9.17, 15) is 9.59 Å². The van der Waals surface area contributed by atoms with Gasteiger partial charge >= 0.3 is 0 Å². The van der Waals surface area contributed by atoms with Crippen molar-refractivity contribution in [3.8, 4) is 0 Å². The normalized spacial score (nSPS) is 22.2. The Kier molecular flexibility index (Phi) is 4.65. The van der Waals surface area contributed by atoms with Crippen molar-refractivity contribution in [3.63, 3.8) is 0 Å². The van der Waals surface area contributed by atoms with Crippen LogP contribution in [0.5, 0.6) is 0 Å². The summed E-state index contributed by atoms with van der Waals surface area (Å²) in [6.07, 6.45) is 0.505. The summed E-state index contributed by atoms with van der Waals surface area (Å²) in [7, 11) is 0. The molecule has 1 aliphatic heterocycles. The van der Waals surface area contributed by atoms with Gasteiger partial charge in [0.15, 0.2) is 5.78 Å². The molecule has 0 spiro atoms. The van der Waals surface area contributed by atoms with Gasteiger partial charge in [-0.15, -0.1) is 0 Å². The molecule has 1 aliphatic rings. The SMILES string of the molecule is O=C(NCCO)C1CNC(C(=O)c2ccccc2)C1. The van der Waals surface area contributed by atoms with Gasteiger partial charge in [0, 0.05) is 18.7 Å². The molecule has 1 aromatic rings. The van der Waals surface area contributed by atoms with E-state index in [-0.39, 0.29) is 36.8 Å². The Hall–Kier alpha value is -1.72. The summed E-state index contributed by atoms with van der Waals surface area (Å²) in [5.41, 5.74) is 0.663. The predicted molar refractivity (Wildman–Crippen MR) is 70.8 cm³/mol. The smallest absolute Gasteiger partial charge is 0.224 e. The number of hydrogen-bond donors (Lipinski definition) is 3. The Balaban J connectivity index is 1.91. The lowest BCUT2D eigenvalue weighted by Crippen LogP contribution is -2.33. The van der Waals surface area contributed by atoms with Crippen molar-refractivity contribution >= 4 is 11.7 Å². The molecule has 0 aliphatic carbocycles. The van der Waals surface area contributed by atoms with Crippen LogP contribution in [0.3, 0.4) is 0 Å². The highest BCUT2D eigenvalue weighted by molar-refractivity contribution is 6.00. The van der Waals surface area contributed by atoms with Crippen molar-refractivity contribution in [1.29, 1.82) is 0 Å². The molecular weight excluding hydrogens is 244 g/mol. The molecule has 1 amide bonds. The Bertz CT molecular complexity index is 447. The van der Waals surface area contributed by atoms with Crippen LogP contribution >= 0.6 is 0 Å². The van der Waals surface area contributed by atoms with Crippen LogP contribution in [-0.2, 0) is 4.79 Å². The number of nitrogens with one attached hydrogen (secondary N) is 2. The molecule has 2 unspecified atom stereocenters. The van der Waals surface area contributed by atoms with E-state index < -0.39 is 0 Å². The van der Waals surface area contributed by atoms with Gasteiger partial charge in [-0.1, -0.05) is 30.3 Å². The average Bonchev–Trinajstić information content (AvgIpc) is 2.94. The fourth-order valence-corrected chi connectivity index (χ4v) is 2.26. The number of benzene rings is 1. The molecule has 1 heterocycles. The number of aliphatic hydroxyl groups excluding tert-OH is 1. The second-order valence-corrected chi connectivity index (χ2v) is 4.64. The molecule has 0 saturated carbocycles. The molecule has 0 aromatic heterocycles. The van der Waals surface area contributed by atoms with E-state index in [0.29, 0.717) is 18.5 Å². The van der Waals surface area contributed by atoms with E-state index >= 15 is 0 Å². The minimum atomic E-state index is -0.299. The minimum Gasteiger partial charge on any atom is -0.395 e. The Morgan fingerprint density at radius 2 is 2.05 bits per heavy atom. The van der Waals surface area contributed by atoms with Gasteiger partial charge in [-0.3, -0.25) is 9.59 Å². The van der Waals surface area contributed by atoms with Crippen LogP contribution in [0.15, 0.2) is 30.3 Å². The quantitative estimate of drug-likeness (QED) is 0.650. The summed E-state index contributed by atoms with van der Waals surface area (Å²) in [6.45, 7) is 0.686. The molecule has 1 aromatic carbocycles. The zero-order chi connectivity index (χ0) is 13.7. The molecule has 0 radical (unpaired) electrons. The standard InChI is InChI=1S/C14H18N2O3/c17-7-6-15-14(19)11-8-12(16-9-11)13(18)10-4-2-1-3-5-10/h1-5,11-12,16-17H,6-9H2,(H,15,19). The number of amides is 1. The average molecular weight is 262 g/mol. The maximum atomic E-state index is 12.2.